The zero-order valence-electron chi connectivity index (χ0n) is 11.4. The fourth-order valence-electron chi connectivity index (χ4n) is 3.02. The van der Waals surface area contributed by atoms with Crippen molar-refractivity contribution in [2.75, 3.05) is 0 Å². The highest BCUT2D eigenvalue weighted by Gasteiger charge is 2.25. The van der Waals surface area contributed by atoms with E-state index in [1.165, 1.54) is 26.1 Å². The number of ketones is 1. The first-order valence-corrected chi connectivity index (χ1v) is 7.57. The van der Waals surface area contributed by atoms with E-state index in [1.807, 2.05) is 11.3 Å². The van der Waals surface area contributed by atoms with Gasteiger partial charge < -0.3 is 4.74 Å². The van der Waals surface area contributed by atoms with Crippen LogP contribution in [0.25, 0.3) is 10.1 Å². The van der Waals surface area contributed by atoms with Crippen LogP contribution in [0, 0.1) is 13.8 Å². The topological polar surface area (TPSA) is 26.3 Å². The van der Waals surface area contributed by atoms with Gasteiger partial charge in [-0.3, -0.25) is 4.79 Å². The van der Waals surface area contributed by atoms with Crippen LogP contribution in [0.5, 0.6) is 5.75 Å². The number of benzene rings is 1. The normalized spacial score (nSPS) is 17.2. The fraction of sp³-hybridized carbons (Fsp3) is 0.235. The number of hydrogen-bond acceptors (Lipinski definition) is 3. The van der Waals surface area contributed by atoms with Gasteiger partial charge in [0.15, 0.2) is 5.78 Å². The van der Waals surface area contributed by atoms with Gasteiger partial charge in [-0.2, -0.15) is 0 Å². The molecule has 2 heterocycles. The summed E-state index contributed by atoms with van der Waals surface area (Å²) in [6.07, 6.45) is 4.74. The van der Waals surface area contributed by atoms with Crippen molar-refractivity contribution in [3.8, 4) is 5.75 Å². The Hall–Kier alpha value is -1.87. The highest BCUT2D eigenvalue weighted by molar-refractivity contribution is 7.19. The third kappa shape index (κ3) is 1.59. The molecule has 0 saturated carbocycles. The van der Waals surface area contributed by atoms with Gasteiger partial charge in [0.2, 0.25) is 0 Å². The van der Waals surface area contributed by atoms with Gasteiger partial charge in [-0.1, -0.05) is 0 Å². The van der Waals surface area contributed by atoms with E-state index in [9.17, 15) is 4.79 Å². The Labute approximate surface area is 121 Å². The van der Waals surface area contributed by atoms with Crippen LogP contribution in [-0.4, -0.2) is 5.78 Å². The van der Waals surface area contributed by atoms with Gasteiger partial charge in [-0.05, 0) is 49.3 Å². The van der Waals surface area contributed by atoms with E-state index in [4.69, 9.17) is 4.74 Å². The van der Waals surface area contributed by atoms with Crippen LogP contribution in [0.15, 0.2) is 35.6 Å². The molecule has 1 aliphatic carbocycles. The number of thiophene rings is 1. The molecule has 2 aromatic rings. The predicted molar refractivity (Wildman–Crippen MR) is 81.4 cm³/mol. The fourth-order valence-corrected chi connectivity index (χ4v) is 4.12. The van der Waals surface area contributed by atoms with Crippen LogP contribution in [0.4, 0.5) is 0 Å². The molecule has 0 fully saturated rings. The molecule has 0 atom stereocenters. The molecular weight excluding hydrogens is 268 g/mol. The van der Waals surface area contributed by atoms with Crippen LogP contribution >= 0.6 is 11.3 Å². The Bertz CT molecular complexity index is 821. The van der Waals surface area contributed by atoms with Gasteiger partial charge >= 0.3 is 0 Å². The first-order valence-electron chi connectivity index (χ1n) is 6.76. The molecule has 0 saturated heterocycles. The highest BCUT2D eigenvalue weighted by Crippen LogP contribution is 2.42. The van der Waals surface area contributed by atoms with E-state index in [2.05, 4.69) is 26.0 Å². The maximum absolute atomic E-state index is 11.6. The molecular formula is C17H14O2S. The average molecular weight is 282 g/mol. The van der Waals surface area contributed by atoms with Gasteiger partial charge in [0.1, 0.15) is 11.5 Å². The summed E-state index contributed by atoms with van der Waals surface area (Å²) in [6, 6.07) is 4.20. The molecule has 0 N–H and O–H groups in total. The van der Waals surface area contributed by atoms with Gasteiger partial charge in [-0.15, -0.1) is 11.3 Å². The maximum atomic E-state index is 11.6. The van der Waals surface area contributed by atoms with Crippen LogP contribution in [0.3, 0.4) is 0 Å². The monoisotopic (exact) mass is 282 g/mol. The van der Waals surface area contributed by atoms with Crippen molar-refractivity contribution in [3.05, 3.63) is 51.6 Å². The Morgan fingerprint density at radius 1 is 1.15 bits per heavy atom. The number of carbonyl (C=O) groups is 1. The Kier molecular flexibility index (Phi) is 2.42. The largest absolute Gasteiger partial charge is 0.457 e. The van der Waals surface area contributed by atoms with E-state index in [0.29, 0.717) is 6.42 Å². The quantitative estimate of drug-likeness (QED) is 0.722. The first kappa shape index (κ1) is 11.9. The van der Waals surface area contributed by atoms with Crippen molar-refractivity contribution < 1.29 is 9.53 Å². The second-order valence-corrected chi connectivity index (χ2v) is 6.68. The first-order chi connectivity index (χ1) is 9.63. The molecule has 0 bridgehead atoms. The maximum Gasteiger partial charge on any atom is 0.160 e. The molecule has 1 aliphatic heterocycles. The van der Waals surface area contributed by atoms with Crippen molar-refractivity contribution in [3.63, 3.8) is 0 Å². The molecule has 0 spiro atoms. The number of hydrogen-bond donors (Lipinski definition) is 0. The number of carbonyl (C=O) groups excluding carboxylic acids is 1. The lowest BCUT2D eigenvalue weighted by Crippen LogP contribution is -2.15. The molecule has 0 unspecified atom stereocenters. The summed E-state index contributed by atoms with van der Waals surface area (Å²) >= 11 is 1.83. The lowest BCUT2D eigenvalue weighted by atomic mass is 9.90. The number of fused-ring (bicyclic) bond motifs is 3. The Balaban J connectivity index is 1.92. The van der Waals surface area contributed by atoms with E-state index in [-0.39, 0.29) is 5.78 Å². The zero-order valence-corrected chi connectivity index (χ0v) is 12.3. The second-order valence-electron chi connectivity index (χ2n) is 5.42. The second kappa shape index (κ2) is 4.06. The van der Waals surface area contributed by atoms with E-state index < -0.39 is 0 Å². The lowest BCUT2D eigenvalue weighted by Gasteiger charge is -2.24. The molecule has 1 aromatic heterocycles. The van der Waals surface area contributed by atoms with Crippen molar-refractivity contribution in [2.45, 2.75) is 26.7 Å². The molecule has 1 aromatic carbocycles. The third-order valence-corrected chi connectivity index (χ3v) is 5.34. The van der Waals surface area contributed by atoms with E-state index in [1.54, 1.807) is 12.2 Å². The summed E-state index contributed by atoms with van der Waals surface area (Å²) < 4.78 is 7.31. The van der Waals surface area contributed by atoms with E-state index in [0.717, 1.165) is 23.5 Å². The number of rotatable bonds is 0. The molecule has 20 heavy (non-hydrogen) atoms. The number of allylic oxidation sites excluding steroid dienone is 3. The van der Waals surface area contributed by atoms with Crippen LogP contribution in [0.1, 0.15) is 22.4 Å². The van der Waals surface area contributed by atoms with Gasteiger partial charge in [-0.25, -0.2) is 0 Å². The van der Waals surface area contributed by atoms with Gasteiger partial charge in [0.25, 0.3) is 0 Å². The summed E-state index contributed by atoms with van der Waals surface area (Å²) in [5.41, 5.74) is 3.69. The number of aryl methyl sites for hydroxylation is 2. The molecule has 0 amide bonds. The van der Waals surface area contributed by atoms with Crippen molar-refractivity contribution >= 4 is 27.2 Å². The summed E-state index contributed by atoms with van der Waals surface area (Å²) in [7, 11) is 0. The minimum atomic E-state index is 0.168. The van der Waals surface area contributed by atoms with Crippen LogP contribution in [-0.2, 0) is 11.2 Å². The van der Waals surface area contributed by atoms with E-state index >= 15 is 0 Å². The van der Waals surface area contributed by atoms with Crippen LogP contribution in [0.2, 0.25) is 0 Å². The molecule has 100 valence electrons. The molecule has 4 rings (SSSR count). The standard InChI is InChI=1S/C17H14O2S/c1-9-10(2)20-16-6-5-15-13(17(9)16)8-11-7-12(18)3-4-14(11)19-15/h3-6H,7-8H2,1-2H3. The molecule has 3 heteroatoms. The van der Waals surface area contributed by atoms with Gasteiger partial charge in [0, 0.05) is 33.4 Å². The average Bonchev–Trinajstić information content (AvgIpc) is 2.72. The minimum absolute atomic E-state index is 0.168. The van der Waals surface area contributed by atoms with Crippen molar-refractivity contribution in [2.24, 2.45) is 0 Å². The lowest BCUT2D eigenvalue weighted by molar-refractivity contribution is -0.114. The SMILES string of the molecule is Cc1sc2ccc3c(c2c1C)CC1=C(C=CC(=O)C1)O3. The Morgan fingerprint density at radius 2 is 2.00 bits per heavy atom. The minimum Gasteiger partial charge on any atom is -0.457 e. The molecule has 2 nitrogen and oxygen atoms in total. The zero-order chi connectivity index (χ0) is 13.9. The third-order valence-electron chi connectivity index (χ3n) is 4.16. The van der Waals surface area contributed by atoms with Crippen LogP contribution < -0.4 is 4.74 Å². The van der Waals surface area contributed by atoms with Gasteiger partial charge in [0.05, 0.1) is 0 Å². The predicted octanol–water partition coefficient (Wildman–Crippen LogP) is 4.24. The molecule has 2 aliphatic rings. The highest BCUT2D eigenvalue weighted by atomic mass is 32.1. The summed E-state index contributed by atoms with van der Waals surface area (Å²) in [6.45, 7) is 4.33. The Morgan fingerprint density at radius 3 is 2.85 bits per heavy atom. The number of ether oxygens (including phenoxy) is 1. The van der Waals surface area contributed by atoms with Crippen molar-refractivity contribution in [1.82, 2.24) is 0 Å². The van der Waals surface area contributed by atoms with Crippen molar-refractivity contribution in [1.29, 1.82) is 0 Å². The summed E-state index contributed by atoms with van der Waals surface area (Å²) in [4.78, 5) is 12.9. The summed E-state index contributed by atoms with van der Waals surface area (Å²) in [5, 5.41) is 1.32. The molecule has 0 radical (unpaired) electrons. The summed E-state index contributed by atoms with van der Waals surface area (Å²) in [5.74, 6) is 1.97. The smallest absolute Gasteiger partial charge is 0.160 e.